The summed E-state index contributed by atoms with van der Waals surface area (Å²) in [5, 5.41) is 2.67. The Labute approximate surface area is 112 Å². The van der Waals surface area contributed by atoms with Crippen LogP contribution in [0, 0.1) is 0 Å². The van der Waals surface area contributed by atoms with E-state index in [9.17, 15) is 9.59 Å². The largest absolute Gasteiger partial charge is 0.468 e. The Balaban J connectivity index is 0.00000289. The van der Waals surface area contributed by atoms with E-state index in [1.54, 1.807) is 18.2 Å². The van der Waals surface area contributed by atoms with E-state index in [0.29, 0.717) is 12.1 Å². The quantitative estimate of drug-likeness (QED) is 0.805. The molecule has 6 heteroatoms. The van der Waals surface area contributed by atoms with Crippen LogP contribution in [0.2, 0.25) is 0 Å². The number of nitrogens with two attached hydrogens (primary N) is 1. The highest BCUT2D eigenvalue weighted by Gasteiger charge is 2.14. The van der Waals surface area contributed by atoms with Crippen molar-refractivity contribution in [3.05, 3.63) is 29.8 Å². The summed E-state index contributed by atoms with van der Waals surface area (Å²) in [7, 11) is 1.30. The van der Waals surface area contributed by atoms with E-state index in [1.165, 1.54) is 14.0 Å². The summed E-state index contributed by atoms with van der Waals surface area (Å²) in [5.74, 6) is -0.589. The normalized spacial score (nSPS) is 11.1. The van der Waals surface area contributed by atoms with E-state index in [-0.39, 0.29) is 18.3 Å². The van der Waals surface area contributed by atoms with Crippen molar-refractivity contribution >= 4 is 30.0 Å². The lowest BCUT2D eigenvalue weighted by atomic mass is 10.1. The van der Waals surface area contributed by atoms with Crippen LogP contribution in [0.3, 0.4) is 0 Å². The molecule has 18 heavy (non-hydrogen) atoms. The number of nitrogens with one attached hydrogen (secondary N) is 1. The summed E-state index contributed by atoms with van der Waals surface area (Å²) in [6.07, 6.45) is 0.375. The summed E-state index contributed by atoms with van der Waals surface area (Å²) in [4.78, 5) is 22.1. The van der Waals surface area contributed by atoms with Crippen molar-refractivity contribution in [2.45, 2.75) is 19.4 Å². The first-order valence-corrected chi connectivity index (χ1v) is 5.23. The number of benzene rings is 1. The Hall–Kier alpha value is -1.59. The number of rotatable bonds is 4. The highest BCUT2D eigenvalue weighted by atomic mass is 35.5. The highest BCUT2D eigenvalue weighted by Crippen LogP contribution is 2.12. The highest BCUT2D eigenvalue weighted by molar-refractivity contribution is 5.88. The lowest BCUT2D eigenvalue weighted by molar-refractivity contribution is -0.142. The van der Waals surface area contributed by atoms with Crippen LogP contribution < -0.4 is 11.1 Å². The van der Waals surface area contributed by atoms with Crippen molar-refractivity contribution < 1.29 is 14.3 Å². The van der Waals surface area contributed by atoms with Gasteiger partial charge in [0.1, 0.15) is 6.04 Å². The van der Waals surface area contributed by atoms with Gasteiger partial charge in [0.25, 0.3) is 0 Å². The number of carbonyl (C=O) groups excluding carboxylic acids is 2. The number of methoxy groups -OCH3 is 1. The van der Waals surface area contributed by atoms with Crippen molar-refractivity contribution in [2.24, 2.45) is 5.73 Å². The average molecular weight is 273 g/mol. The van der Waals surface area contributed by atoms with E-state index in [2.05, 4.69) is 10.1 Å². The fraction of sp³-hybridized carbons (Fsp3) is 0.333. The molecule has 0 aromatic heterocycles. The number of ether oxygens (including phenoxy) is 1. The molecule has 0 bridgehead atoms. The molecule has 1 amide bonds. The molecule has 0 aliphatic heterocycles. The number of esters is 1. The van der Waals surface area contributed by atoms with Crippen LogP contribution in [0.1, 0.15) is 12.5 Å². The van der Waals surface area contributed by atoms with Crippen LogP contribution in [0.5, 0.6) is 0 Å². The van der Waals surface area contributed by atoms with Gasteiger partial charge in [-0.1, -0.05) is 12.1 Å². The summed E-state index contributed by atoms with van der Waals surface area (Å²) in [6, 6.07) is 6.50. The molecule has 0 spiro atoms. The van der Waals surface area contributed by atoms with Gasteiger partial charge in [-0.3, -0.25) is 9.59 Å². The first-order valence-electron chi connectivity index (χ1n) is 5.23. The van der Waals surface area contributed by atoms with Gasteiger partial charge >= 0.3 is 5.97 Å². The van der Waals surface area contributed by atoms with Crippen LogP contribution >= 0.6 is 12.4 Å². The molecule has 1 atom stereocenters. The lowest BCUT2D eigenvalue weighted by Crippen LogP contribution is -2.33. The smallest absolute Gasteiger partial charge is 0.322 e. The molecule has 0 saturated carbocycles. The Kier molecular flexibility index (Phi) is 7.00. The Morgan fingerprint density at radius 1 is 1.44 bits per heavy atom. The minimum Gasteiger partial charge on any atom is -0.468 e. The average Bonchev–Trinajstić information content (AvgIpc) is 2.27. The van der Waals surface area contributed by atoms with Gasteiger partial charge in [-0.05, 0) is 24.1 Å². The van der Waals surface area contributed by atoms with Crippen LogP contribution in [0.15, 0.2) is 24.3 Å². The van der Waals surface area contributed by atoms with Crippen LogP contribution in [0.4, 0.5) is 5.69 Å². The van der Waals surface area contributed by atoms with E-state index in [4.69, 9.17) is 5.73 Å². The van der Waals surface area contributed by atoms with E-state index in [0.717, 1.165) is 5.56 Å². The Morgan fingerprint density at radius 3 is 2.67 bits per heavy atom. The van der Waals surface area contributed by atoms with Gasteiger partial charge in [0.05, 0.1) is 7.11 Å². The Morgan fingerprint density at radius 2 is 2.11 bits per heavy atom. The van der Waals surface area contributed by atoms with Crippen LogP contribution in [-0.2, 0) is 20.7 Å². The molecule has 0 radical (unpaired) electrons. The number of amides is 1. The standard InChI is InChI=1S/C12H16N2O3.ClH/c1-8(15)14-10-5-3-4-9(6-10)7-11(13)12(16)17-2;/h3-6,11H,7,13H2,1-2H3,(H,14,15);1H/t11-;/m1./s1. The maximum atomic E-state index is 11.2. The third kappa shape index (κ3) is 5.16. The second-order valence-corrected chi connectivity index (χ2v) is 3.72. The van der Waals surface area contributed by atoms with Gasteiger partial charge in [0, 0.05) is 12.6 Å². The van der Waals surface area contributed by atoms with Crippen molar-refractivity contribution in [1.29, 1.82) is 0 Å². The van der Waals surface area contributed by atoms with Gasteiger partial charge in [0.2, 0.25) is 5.91 Å². The second kappa shape index (κ2) is 7.68. The number of carbonyl (C=O) groups is 2. The summed E-state index contributed by atoms with van der Waals surface area (Å²) < 4.78 is 4.55. The molecule has 3 N–H and O–H groups in total. The zero-order chi connectivity index (χ0) is 12.8. The maximum Gasteiger partial charge on any atom is 0.322 e. The third-order valence-corrected chi connectivity index (χ3v) is 2.21. The van der Waals surface area contributed by atoms with E-state index in [1.807, 2.05) is 6.07 Å². The minimum absolute atomic E-state index is 0. The fourth-order valence-corrected chi connectivity index (χ4v) is 1.47. The van der Waals surface area contributed by atoms with Gasteiger partial charge in [-0.2, -0.15) is 0 Å². The molecular formula is C12H17ClN2O3. The van der Waals surface area contributed by atoms with Crippen molar-refractivity contribution in [3.63, 3.8) is 0 Å². The number of hydrogen-bond acceptors (Lipinski definition) is 4. The van der Waals surface area contributed by atoms with Gasteiger partial charge < -0.3 is 15.8 Å². The molecule has 1 aromatic carbocycles. The minimum atomic E-state index is -0.687. The number of halogens is 1. The third-order valence-electron chi connectivity index (χ3n) is 2.21. The molecule has 0 fully saturated rings. The lowest BCUT2D eigenvalue weighted by Gasteiger charge is -2.10. The molecule has 1 aromatic rings. The first kappa shape index (κ1) is 16.4. The van der Waals surface area contributed by atoms with Gasteiger partial charge in [0.15, 0.2) is 0 Å². The molecule has 0 aliphatic carbocycles. The summed E-state index contributed by atoms with van der Waals surface area (Å²) >= 11 is 0. The van der Waals surface area contributed by atoms with Crippen molar-refractivity contribution in [1.82, 2.24) is 0 Å². The van der Waals surface area contributed by atoms with E-state index >= 15 is 0 Å². The SMILES string of the molecule is COC(=O)[C@H](N)Cc1cccc(NC(C)=O)c1.Cl. The number of hydrogen-bond donors (Lipinski definition) is 2. The molecule has 100 valence electrons. The van der Waals surface area contributed by atoms with E-state index < -0.39 is 12.0 Å². The molecule has 0 aliphatic rings. The Bertz CT molecular complexity index is 424. The number of anilines is 1. The molecule has 0 saturated heterocycles. The van der Waals surface area contributed by atoms with Crippen LogP contribution in [-0.4, -0.2) is 25.0 Å². The topological polar surface area (TPSA) is 81.4 Å². The fourth-order valence-electron chi connectivity index (χ4n) is 1.47. The second-order valence-electron chi connectivity index (χ2n) is 3.72. The molecule has 1 rings (SSSR count). The van der Waals surface area contributed by atoms with Crippen molar-refractivity contribution in [3.8, 4) is 0 Å². The maximum absolute atomic E-state index is 11.2. The van der Waals surface area contributed by atoms with Gasteiger partial charge in [-0.25, -0.2) is 0 Å². The molecule has 0 heterocycles. The first-order chi connectivity index (χ1) is 8.02. The summed E-state index contributed by atoms with van der Waals surface area (Å²) in [6.45, 7) is 1.44. The van der Waals surface area contributed by atoms with Gasteiger partial charge in [-0.15, -0.1) is 12.4 Å². The molecular weight excluding hydrogens is 256 g/mol. The zero-order valence-corrected chi connectivity index (χ0v) is 11.1. The predicted octanol–water partition coefficient (Wildman–Crippen LogP) is 1.11. The van der Waals surface area contributed by atoms with Crippen molar-refractivity contribution in [2.75, 3.05) is 12.4 Å². The monoisotopic (exact) mass is 272 g/mol. The molecule has 5 nitrogen and oxygen atoms in total. The summed E-state index contributed by atoms with van der Waals surface area (Å²) in [5.41, 5.74) is 7.21. The van der Waals surface area contributed by atoms with Crippen LogP contribution in [0.25, 0.3) is 0 Å². The predicted molar refractivity (Wildman–Crippen MR) is 71.7 cm³/mol. The zero-order valence-electron chi connectivity index (χ0n) is 10.3. The molecule has 0 unspecified atom stereocenters.